The second-order valence-electron chi connectivity index (χ2n) is 4.45. The summed E-state index contributed by atoms with van der Waals surface area (Å²) in [4.78, 5) is 4.54. The minimum absolute atomic E-state index is 0.371. The Labute approximate surface area is 102 Å². The molecule has 0 spiro atoms. The normalized spacial score (nSPS) is 21.2. The van der Waals surface area contributed by atoms with Crippen molar-refractivity contribution in [1.82, 2.24) is 4.90 Å². The van der Waals surface area contributed by atoms with E-state index < -0.39 is 0 Å². The quantitative estimate of drug-likeness (QED) is 0.810. The Morgan fingerprint density at radius 1 is 1.41 bits per heavy atom. The van der Waals surface area contributed by atoms with Gasteiger partial charge >= 0.3 is 0 Å². The highest BCUT2D eigenvalue weighted by molar-refractivity contribution is 5.59. The van der Waals surface area contributed by atoms with E-state index in [4.69, 9.17) is 11.0 Å². The molecule has 1 fully saturated rings. The fourth-order valence-corrected chi connectivity index (χ4v) is 2.26. The largest absolute Gasteiger partial charge is 0.368 e. The van der Waals surface area contributed by atoms with Crippen molar-refractivity contribution in [3.8, 4) is 6.07 Å². The molecule has 2 N–H and O–H groups in total. The van der Waals surface area contributed by atoms with Crippen LogP contribution < -0.4 is 10.6 Å². The average Bonchev–Trinajstić information content (AvgIpc) is 2.39. The van der Waals surface area contributed by atoms with Gasteiger partial charge in [-0.15, -0.1) is 0 Å². The fraction of sp³-hybridized carbons (Fsp3) is 0.462. The first-order valence-electron chi connectivity index (χ1n) is 5.90. The summed E-state index contributed by atoms with van der Waals surface area (Å²) in [6.07, 6.45) is 0. The van der Waals surface area contributed by atoms with Crippen LogP contribution in [0.4, 0.5) is 5.69 Å². The molecule has 1 heterocycles. The van der Waals surface area contributed by atoms with E-state index in [-0.39, 0.29) is 0 Å². The van der Waals surface area contributed by atoms with Crippen molar-refractivity contribution < 1.29 is 0 Å². The predicted octanol–water partition coefficient (Wildman–Crippen LogP) is 0.637. The van der Waals surface area contributed by atoms with Crippen LogP contribution in [-0.2, 0) is 0 Å². The number of hydrogen-bond acceptors (Lipinski definition) is 4. The van der Waals surface area contributed by atoms with E-state index in [1.165, 1.54) is 0 Å². The molecule has 1 aromatic rings. The highest BCUT2D eigenvalue weighted by atomic mass is 15.3. The molecule has 1 saturated heterocycles. The summed E-state index contributed by atoms with van der Waals surface area (Å²) >= 11 is 0. The minimum atomic E-state index is 0.371. The van der Waals surface area contributed by atoms with Gasteiger partial charge in [0.1, 0.15) is 6.07 Å². The van der Waals surface area contributed by atoms with Gasteiger partial charge in [-0.1, -0.05) is 12.1 Å². The van der Waals surface area contributed by atoms with Crippen molar-refractivity contribution in [2.45, 2.75) is 6.04 Å². The summed E-state index contributed by atoms with van der Waals surface area (Å²) < 4.78 is 0. The fourth-order valence-electron chi connectivity index (χ4n) is 2.26. The van der Waals surface area contributed by atoms with Crippen LogP contribution in [0.25, 0.3) is 0 Å². The maximum Gasteiger partial charge on any atom is 0.101 e. The average molecular weight is 230 g/mol. The zero-order chi connectivity index (χ0) is 12.3. The van der Waals surface area contributed by atoms with Gasteiger partial charge < -0.3 is 10.6 Å². The van der Waals surface area contributed by atoms with Gasteiger partial charge in [0, 0.05) is 32.2 Å². The Bertz CT molecular complexity index is 424. The third-order valence-electron chi connectivity index (χ3n) is 3.41. The Balaban J connectivity index is 2.21. The maximum atomic E-state index is 9.11. The molecule has 17 heavy (non-hydrogen) atoms. The van der Waals surface area contributed by atoms with Gasteiger partial charge in [0.05, 0.1) is 11.3 Å². The summed E-state index contributed by atoms with van der Waals surface area (Å²) in [6, 6.07) is 10.4. The van der Waals surface area contributed by atoms with Crippen molar-refractivity contribution in [2.24, 2.45) is 5.73 Å². The molecule has 1 atom stereocenters. The second-order valence-corrected chi connectivity index (χ2v) is 4.45. The lowest BCUT2D eigenvalue weighted by Crippen LogP contribution is -2.54. The zero-order valence-electron chi connectivity index (χ0n) is 10.1. The molecule has 0 aromatic heterocycles. The summed E-state index contributed by atoms with van der Waals surface area (Å²) in [5, 5.41) is 9.11. The summed E-state index contributed by atoms with van der Waals surface area (Å²) in [6.45, 7) is 3.49. The molecule has 4 nitrogen and oxygen atoms in total. The van der Waals surface area contributed by atoms with Crippen molar-refractivity contribution in [3.05, 3.63) is 29.8 Å². The first-order chi connectivity index (χ1) is 8.26. The van der Waals surface area contributed by atoms with Crippen LogP contribution in [0.15, 0.2) is 24.3 Å². The highest BCUT2D eigenvalue weighted by Crippen LogP contribution is 2.22. The van der Waals surface area contributed by atoms with Crippen LogP contribution in [-0.4, -0.2) is 44.2 Å². The Hall–Kier alpha value is -1.57. The molecule has 0 radical (unpaired) electrons. The molecule has 0 amide bonds. The van der Waals surface area contributed by atoms with Crippen LogP contribution in [0.5, 0.6) is 0 Å². The van der Waals surface area contributed by atoms with Gasteiger partial charge in [0.15, 0.2) is 0 Å². The minimum Gasteiger partial charge on any atom is -0.368 e. The van der Waals surface area contributed by atoms with Gasteiger partial charge in [-0.25, -0.2) is 0 Å². The number of likely N-dealkylation sites (N-methyl/N-ethyl adjacent to an activating group) is 1. The molecule has 1 aliphatic rings. The molecule has 1 unspecified atom stereocenters. The standard InChI is InChI=1S/C13H18N4/c1-16-6-7-17(10-12(16)9-15)13-5-3-2-4-11(13)8-14/h2-5,12H,6-7,9-10,15H2,1H3. The Kier molecular flexibility index (Phi) is 3.62. The van der Waals surface area contributed by atoms with Crippen molar-refractivity contribution in [1.29, 1.82) is 5.26 Å². The third kappa shape index (κ3) is 2.41. The number of benzene rings is 1. The number of nitrogens with two attached hydrogens (primary N) is 1. The van der Waals surface area contributed by atoms with E-state index >= 15 is 0 Å². The van der Waals surface area contributed by atoms with Gasteiger partial charge in [0.25, 0.3) is 0 Å². The van der Waals surface area contributed by atoms with Crippen LogP contribution >= 0.6 is 0 Å². The van der Waals surface area contributed by atoms with Gasteiger partial charge in [-0.3, -0.25) is 4.90 Å². The lowest BCUT2D eigenvalue weighted by molar-refractivity contribution is 0.224. The molecule has 1 aromatic carbocycles. The second kappa shape index (κ2) is 5.17. The SMILES string of the molecule is CN1CCN(c2ccccc2C#N)CC1CN. The molecular weight excluding hydrogens is 212 g/mol. The summed E-state index contributed by atoms with van der Waals surface area (Å²) in [7, 11) is 2.10. The smallest absolute Gasteiger partial charge is 0.101 e. The van der Waals surface area contributed by atoms with E-state index in [1.807, 2.05) is 24.3 Å². The molecule has 4 heteroatoms. The number of hydrogen-bond donors (Lipinski definition) is 1. The molecule has 2 rings (SSSR count). The van der Waals surface area contributed by atoms with Crippen LogP contribution in [0, 0.1) is 11.3 Å². The van der Waals surface area contributed by atoms with E-state index in [0.29, 0.717) is 12.6 Å². The van der Waals surface area contributed by atoms with Gasteiger partial charge in [0.2, 0.25) is 0 Å². The molecule has 0 saturated carbocycles. The van der Waals surface area contributed by atoms with E-state index in [0.717, 1.165) is 30.9 Å². The lowest BCUT2D eigenvalue weighted by Gasteiger charge is -2.40. The molecule has 90 valence electrons. The molecule has 0 bridgehead atoms. The molecule has 0 aliphatic carbocycles. The molecule has 1 aliphatic heterocycles. The zero-order valence-corrected chi connectivity index (χ0v) is 10.1. The Morgan fingerprint density at radius 2 is 2.18 bits per heavy atom. The van der Waals surface area contributed by atoms with Crippen molar-refractivity contribution in [2.75, 3.05) is 38.1 Å². The monoisotopic (exact) mass is 230 g/mol. The highest BCUT2D eigenvalue weighted by Gasteiger charge is 2.24. The topological polar surface area (TPSA) is 56.3 Å². The van der Waals surface area contributed by atoms with E-state index in [1.54, 1.807) is 0 Å². The van der Waals surface area contributed by atoms with Gasteiger partial charge in [-0.2, -0.15) is 5.26 Å². The van der Waals surface area contributed by atoms with Crippen LogP contribution in [0.3, 0.4) is 0 Å². The predicted molar refractivity (Wildman–Crippen MR) is 68.8 cm³/mol. The Morgan fingerprint density at radius 3 is 2.88 bits per heavy atom. The lowest BCUT2D eigenvalue weighted by atomic mass is 10.1. The number of nitriles is 1. The van der Waals surface area contributed by atoms with E-state index in [9.17, 15) is 0 Å². The van der Waals surface area contributed by atoms with Crippen LogP contribution in [0.1, 0.15) is 5.56 Å². The summed E-state index contributed by atoms with van der Waals surface area (Å²) in [5.74, 6) is 0. The number of piperazine rings is 1. The number of nitrogens with zero attached hydrogens (tertiary/aromatic N) is 3. The van der Waals surface area contributed by atoms with Crippen LogP contribution in [0.2, 0.25) is 0 Å². The van der Waals surface area contributed by atoms with Crippen molar-refractivity contribution in [3.63, 3.8) is 0 Å². The number of rotatable bonds is 2. The molecular formula is C13H18N4. The maximum absolute atomic E-state index is 9.11. The number of anilines is 1. The van der Waals surface area contributed by atoms with E-state index in [2.05, 4.69) is 22.9 Å². The summed E-state index contributed by atoms with van der Waals surface area (Å²) in [5.41, 5.74) is 7.54. The number of para-hydroxylation sites is 1. The third-order valence-corrected chi connectivity index (χ3v) is 3.41. The first kappa shape index (κ1) is 11.9. The van der Waals surface area contributed by atoms with Gasteiger partial charge in [-0.05, 0) is 19.2 Å². The first-order valence-corrected chi connectivity index (χ1v) is 5.90. The van der Waals surface area contributed by atoms with Crippen molar-refractivity contribution >= 4 is 5.69 Å².